The molecule has 0 atom stereocenters. The molecule has 4 heterocycles. The maximum atomic E-state index is 12.6. The zero-order valence-electron chi connectivity index (χ0n) is 51.1. The van der Waals surface area contributed by atoms with Gasteiger partial charge in [-0.25, -0.2) is 24.2 Å². The van der Waals surface area contributed by atoms with Gasteiger partial charge in [-0.05, 0) is 79.6 Å². The number of methoxy groups -OCH3 is 4. The predicted molar refractivity (Wildman–Crippen MR) is 338 cm³/mol. The van der Waals surface area contributed by atoms with Crippen LogP contribution in [0.4, 0.5) is 0 Å². The Morgan fingerprint density at radius 1 is 0.626 bits per heavy atom. The molecule has 0 fully saturated rings. The van der Waals surface area contributed by atoms with Crippen LogP contribution in [0.15, 0.2) is 127 Å². The minimum absolute atomic E-state index is 0.0168. The van der Waals surface area contributed by atoms with Crippen molar-refractivity contribution in [2.45, 2.75) is 85.0 Å². The minimum Gasteiger partial charge on any atom is -0.497 e. The number of halogens is 1. The molecule has 4 N–H and O–H groups in total. The molecule has 8 aromatic rings. The first kappa shape index (κ1) is 65.0. The van der Waals surface area contributed by atoms with Crippen LogP contribution in [0.3, 0.4) is 0 Å². The summed E-state index contributed by atoms with van der Waals surface area (Å²) in [4.78, 5) is 53.6. The molecule has 2 aliphatic heterocycles. The van der Waals surface area contributed by atoms with Gasteiger partial charge >= 0.3 is 23.9 Å². The van der Waals surface area contributed by atoms with Crippen molar-refractivity contribution in [1.29, 1.82) is 0 Å². The number of aromatic nitrogens is 4. The van der Waals surface area contributed by atoms with Crippen molar-refractivity contribution >= 4 is 47.6 Å². The number of nitrogens with zero attached hydrogens (tertiary/aromatic N) is 4. The molecule has 6 aromatic carbocycles. The predicted octanol–water partition coefficient (Wildman–Crippen LogP) is 12.9. The van der Waals surface area contributed by atoms with Crippen molar-refractivity contribution in [1.82, 2.24) is 19.3 Å². The number of carboxylic acid groups (broad SMARTS) is 4. The molecule has 2 aliphatic rings. The minimum atomic E-state index is -1.16. The van der Waals surface area contributed by atoms with Gasteiger partial charge in [-0.1, -0.05) is 68.6 Å². The van der Waals surface area contributed by atoms with Gasteiger partial charge in [0.05, 0.1) is 80.7 Å². The maximum Gasteiger partial charge on any atom is 0.337 e. The summed E-state index contributed by atoms with van der Waals surface area (Å²) in [7, 11) is 6.16. The summed E-state index contributed by atoms with van der Waals surface area (Å²) < 4.78 is 55.0. The first-order valence-corrected chi connectivity index (χ1v) is 29.7. The van der Waals surface area contributed by atoms with Crippen LogP contribution in [0, 0.1) is 0 Å². The van der Waals surface area contributed by atoms with E-state index in [4.69, 9.17) is 54.2 Å². The Hall–Kier alpha value is -10.4. The van der Waals surface area contributed by atoms with E-state index >= 15 is 0 Å². The second-order valence-corrected chi connectivity index (χ2v) is 21.5. The van der Waals surface area contributed by atoms with Crippen molar-refractivity contribution in [2.75, 3.05) is 41.8 Å². The van der Waals surface area contributed by atoms with Gasteiger partial charge in [0.2, 0.25) is 6.79 Å². The fourth-order valence-electron chi connectivity index (χ4n) is 10.6. The molecule has 21 nitrogen and oxygen atoms in total. The first-order valence-electron chi connectivity index (χ1n) is 29.3. The number of unbranched alkanes of at least 4 members (excludes halogenated alkanes) is 2. The highest BCUT2D eigenvalue weighted by Gasteiger charge is 2.26. The highest BCUT2D eigenvalue weighted by Crippen LogP contribution is 2.42. The van der Waals surface area contributed by atoms with Crippen molar-refractivity contribution in [3.63, 3.8) is 0 Å². The topological polar surface area (TPSA) is 268 Å². The number of rotatable bonds is 28. The zero-order chi connectivity index (χ0) is 64.7. The van der Waals surface area contributed by atoms with Crippen LogP contribution in [0.5, 0.6) is 51.7 Å². The summed E-state index contributed by atoms with van der Waals surface area (Å²) in [5, 5.41) is 44.8. The summed E-state index contributed by atoms with van der Waals surface area (Å²) in [6.07, 6.45) is 11.6. The molecule has 0 amide bonds. The molecule has 0 bridgehead atoms. The largest absolute Gasteiger partial charge is 0.497 e. The average molecular weight is 1260 g/mol. The van der Waals surface area contributed by atoms with Crippen molar-refractivity contribution in [3.05, 3.63) is 188 Å². The Balaban J connectivity index is 0.000000215. The number of hydrogen-bond acceptors (Lipinski definition) is 15. The van der Waals surface area contributed by atoms with E-state index in [0.29, 0.717) is 116 Å². The standard InChI is InChI=1S/C35H35ClN2O8.C34H34N2O9/c1-4-5-12-38-33(27-10-9-26(43-2)18-31(27)46-20-22-7-6-8-28(36)32(22)35(41)42)25(19-37-38)15-24(34(39)40)14-23-17-30-21(11-13-45-30)16-29(23)44-3;1-4-5-10-32-35-18-24(14-23(33(37)38)13-22-15-30-31(45-20-44-30)17-28(22)42-3)36(32)27-12-11-25(41-2)16-29(27)43-19-21-8-6-7-9-26(21)34(39)40/h6-10,15-19H,4-5,11-14,20H2,1-3H3,(H,39,40)(H,41,42);6-9,11-12,14-18H,4-5,10,13,19-20H2,1-3H3,(H,37,38)(H,39,40)/b24-15+;23-14+. The van der Waals surface area contributed by atoms with Gasteiger partial charge in [0.1, 0.15) is 59.3 Å². The van der Waals surface area contributed by atoms with E-state index in [2.05, 4.69) is 23.9 Å². The summed E-state index contributed by atoms with van der Waals surface area (Å²) in [5.74, 6) is 1.07. The van der Waals surface area contributed by atoms with E-state index in [9.17, 15) is 39.6 Å². The molecule has 91 heavy (non-hydrogen) atoms. The van der Waals surface area contributed by atoms with Crippen LogP contribution in [-0.4, -0.2) is 105 Å². The molecular weight excluding hydrogens is 1190 g/mol. The number of carboxylic acids is 4. The number of aromatic carboxylic acids is 2. The Kier molecular flexibility index (Phi) is 21.6. The van der Waals surface area contributed by atoms with Crippen molar-refractivity contribution < 1.29 is 82.2 Å². The fourth-order valence-corrected chi connectivity index (χ4v) is 10.8. The third kappa shape index (κ3) is 15.4. The number of benzene rings is 6. The summed E-state index contributed by atoms with van der Waals surface area (Å²) >= 11 is 6.20. The molecule has 0 radical (unpaired) electrons. The van der Waals surface area contributed by atoms with Crippen LogP contribution in [0.25, 0.3) is 29.1 Å². The lowest BCUT2D eigenvalue weighted by Crippen LogP contribution is -2.10. The molecule has 0 saturated heterocycles. The molecule has 2 aromatic heterocycles. The van der Waals surface area contributed by atoms with E-state index in [1.165, 1.54) is 26.4 Å². The van der Waals surface area contributed by atoms with Gasteiger partial charge in [-0.2, -0.15) is 5.10 Å². The quantitative estimate of drug-likeness (QED) is 0.0332. The highest BCUT2D eigenvalue weighted by atomic mass is 35.5. The molecule has 10 rings (SSSR count). The van der Waals surface area contributed by atoms with Crippen LogP contribution >= 0.6 is 11.6 Å². The SMILES string of the molecule is CCCCc1ncc(/C=C(\Cc2cc3c(cc2OC)OCO3)C(=O)O)n1-c1ccc(OC)cc1OCc1ccccc1C(=O)O.CCCCn1ncc(/C=C(\Cc2cc3c(cc2OC)CCO3)C(=O)O)c1-c1ccc(OC)cc1OCc1cccc(Cl)c1C(=O)O. The lowest BCUT2D eigenvalue weighted by Gasteiger charge is -2.18. The number of aryl methyl sites for hydroxylation is 2. The second kappa shape index (κ2) is 30.2. The van der Waals surface area contributed by atoms with Crippen LogP contribution in [0.2, 0.25) is 5.02 Å². The Bertz CT molecular complexity index is 4050. The van der Waals surface area contributed by atoms with Crippen LogP contribution in [0.1, 0.15) is 105 Å². The lowest BCUT2D eigenvalue weighted by molar-refractivity contribution is -0.133. The summed E-state index contributed by atoms with van der Waals surface area (Å²) in [5.41, 5.74) is 6.57. The normalized spacial score (nSPS) is 12.3. The van der Waals surface area contributed by atoms with Gasteiger partial charge in [0.25, 0.3) is 0 Å². The smallest absolute Gasteiger partial charge is 0.337 e. The number of aliphatic carboxylic acids is 2. The Morgan fingerprint density at radius 3 is 1.95 bits per heavy atom. The first-order chi connectivity index (χ1) is 44.1. The number of imidazole rings is 1. The lowest BCUT2D eigenvalue weighted by atomic mass is 9.98. The molecule has 0 spiro atoms. The summed E-state index contributed by atoms with van der Waals surface area (Å²) in [6, 6.07) is 29.2. The molecule has 22 heteroatoms. The summed E-state index contributed by atoms with van der Waals surface area (Å²) in [6.45, 7) is 5.29. The maximum absolute atomic E-state index is 12.6. The van der Waals surface area contributed by atoms with Crippen molar-refractivity contribution in [2.24, 2.45) is 0 Å². The van der Waals surface area contributed by atoms with E-state index in [1.807, 2.05) is 33.5 Å². The Labute approximate surface area is 530 Å². The molecule has 0 saturated carbocycles. The fraction of sp³-hybridized carbons (Fsp3) is 0.275. The van der Waals surface area contributed by atoms with E-state index in [1.54, 1.807) is 105 Å². The highest BCUT2D eigenvalue weighted by molar-refractivity contribution is 6.33. The van der Waals surface area contributed by atoms with E-state index < -0.39 is 23.9 Å². The molecule has 0 aliphatic carbocycles. The van der Waals surface area contributed by atoms with E-state index in [0.717, 1.165) is 49.2 Å². The number of fused-ring (bicyclic) bond motifs is 2. The van der Waals surface area contributed by atoms with Crippen molar-refractivity contribution in [3.8, 4) is 68.7 Å². The van der Waals surface area contributed by atoms with Gasteiger partial charge in [0.15, 0.2) is 11.5 Å². The van der Waals surface area contributed by atoms with Gasteiger partial charge in [0, 0.05) is 101 Å². The van der Waals surface area contributed by atoms with Crippen LogP contribution < -0.4 is 42.6 Å². The average Bonchev–Trinajstić information content (AvgIpc) is 1.84. The number of hydrogen-bond donors (Lipinski definition) is 4. The third-order valence-electron chi connectivity index (χ3n) is 15.2. The second-order valence-electron chi connectivity index (χ2n) is 21.1. The van der Waals surface area contributed by atoms with Gasteiger partial charge in [-0.3, -0.25) is 9.25 Å². The number of carbonyl (C=O) groups is 4. The van der Waals surface area contributed by atoms with E-state index in [-0.39, 0.29) is 60.1 Å². The van der Waals surface area contributed by atoms with Gasteiger partial charge < -0.3 is 63.1 Å². The third-order valence-corrected chi connectivity index (χ3v) is 15.5. The molecular formula is C69H69ClN4O17. The monoisotopic (exact) mass is 1260 g/mol. The molecule has 0 unspecified atom stereocenters. The Morgan fingerprint density at radius 2 is 1.26 bits per heavy atom. The zero-order valence-corrected chi connectivity index (χ0v) is 51.8. The van der Waals surface area contributed by atoms with Crippen LogP contribution in [-0.2, 0) is 55.0 Å². The number of ether oxygens (including phenoxy) is 9. The van der Waals surface area contributed by atoms with Gasteiger partial charge in [-0.15, -0.1) is 0 Å². The molecule has 474 valence electrons.